The average Bonchev–Trinajstić information content (AvgIpc) is 3.31. The Balaban J connectivity index is 1.55. The largest absolute Gasteiger partial charge is 0.493 e. The fraction of sp³-hybridized carbons (Fsp3) is 0.464. The first kappa shape index (κ1) is 26.5. The Morgan fingerprint density at radius 1 is 1.00 bits per heavy atom. The van der Waals surface area contributed by atoms with Crippen molar-refractivity contribution in [2.75, 3.05) is 33.9 Å². The maximum absolute atomic E-state index is 13.7. The summed E-state index contributed by atoms with van der Waals surface area (Å²) in [7, 11) is 3.07. The van der Waals surface area contributed by atoms with Gasteiger partial charge < -0.3 is 24.4 Å². The topological polar surface area (TPSA) is 97.4 Å². The highest BCUT2D eigenvalue weighted by Gasteiger charge is 2.54. The molecule has 9 nitrogen and oxygen atoms in total. The van der Waals surface area contributed by atoms with Crippen molar-refractivity contribution < 1.29 is 28.6 Å². The molecule has 4 rings (SSSR count). The number of piperidine rings is 1. The molecule has 0 unspecified atom stereocenters. The first-order chi connectivity index (χ1) is 17.8. The monoisotopic (exact) mass is 509 g/mol. The number of rotatable bonds is 7. The van der Waals surface area contributed by atoms with Crippen LogP contribution in [-0.2, 0) is 9.53 Å². The zero-order valence-electron chi connectivity index (χ0n) is 21.9. The Labute approximate surface area is 217 Å². The molecule has 2 atom stereocenters. The van der Waals surface area contributed by atoms with Crippen LogP contribution in [0.4, 0.5) is 0 Å². The number of hydrogen-bond acceptors (Lipinski definition) is 6. The van der Waals surface area contributed by atoms with Gasteiger partial charge in [0.25, 0.3) is 11.8 Å². The summed E-state index contributed by atoms with van der Waals surface area (Å²) in [6.07, 6.45) is 1.58. The SMILES string of the molecule is CC[C@@H](C)NC(=O)[C@@H]1COC2(CCN(C(=O)c3ccc(OC)c(OC)c3)CC2)N1C(=O)c1ccccc1. The van der Waals surface area contributed by atoms with Crippen LogP contribution in [0.25, 0.3) is 0 Å². The van der Waals surface area contributed by atoms with Crippen LogP contribution in [0.5, 0.6) is 11.5 Å². The number of nitrogens with zero attached hydrogens (tertiary/aromatic N) is 2. The smallest absolute Gasteiger partial charge is 0.256 e. The fourth-order valence-corrected chi connectivity index (χ4v) is 4.94. The predicted octanol–water partition coefficient (Wildman–Crippen LogP) is 3.09. The summed E-state index contributed by atoms with van der Waals surface area (Å²) in [6.45, 7) is 4.81. The predicted molar refractivity (Wildman–Crippen MR) is 138 cm³/mol. The van der Waals surface area contributed by atoms with Gasteiger partial charge in [0.2, 0.25) is 5.91 Å². The minimum atomic E-state index is -0.960. The molecule has 1 N–H and O–H groups in total. The highest BCUT2D eigenvalue weighted by atomic mass is 16.5. The van der Waals surface area contributed by atoms with E-state index in [1.54, 1.807) is 59.4 Å². The molecular weight excluding hydrogens is 474 g/mol. The second-order valence-corrected chi connectivity index (χ2v) is 9.49. The van der Waals surface area contributed by atoms with Crippen LogP contribution in [0.15, 0.2) is 48.5 Å². The number of likely N-dealkylation sites (tertiary alicyclic amines) is 1. The number of carbonyl (C=O) groups excluding carboxylic acids is 3. The van der Waals surface area contributed by atoms with Crippen molar-refractivity contribution in [1.82, 2.24) is 15.1 Å². The van der Waals surface area contributed by atoms with Gasteiger partial charge in [-0.05, 0) is 43.7 Å². The van der Waals surface area contributed by atoms with E-state index < -0.39 is 11.8 Å². The van der Waals surface area contributed by atoms with Crippen molar-refractivity contribution in [3.8, 4) is 11.5 Å². The summed E-state index contributed by atoms with van der Waals surface area (Å²) in [4.78, 5) is 43.5. The molecule has 2 aromatic carbocycles. The standard InChI is InChI=1S/C28H35N3O6/c1-5-19(2)29-25(32)22-18-37-28(31(22)27(34)20-9-7-6-8-10-20)13-15-30(16-14-28)26(33)21-11-12-23(35-3)24(17-21)36-4/h6-12,17,19,22H,5,13-16,18H2,1-4H3,(H,29,32)/t19-,22+/m1/s1. The van der Waals surface area contributed by atoms with Crippen LogP contribution in [0.2, 0.25) is 0 Å². The molecule has 2 fully saturated rings. The Bertz CT molecular complexity index is 1130. The third-order valence-electron chi connectivity index (χ3n) is 7.27. The first-order valence-electron chi connectivity index (χ1n) is 12.7. The van der Waals surface area contributed by atoms with Crippen LogP contribution in [-0.4, -0.2) is 79.2 Å². The van der Waals surface area contributed by atoms with Gasteiger partial charge >= 0.3 is 0 Å². The van der Waals surface area contributed by atoms with Crippen LogP contribution in [0, 0.1) is 0 Å². The van der Waals surface area contributed by atoms with E-state index in [1.165, 1.54) is 7.11 Å². The van der Waals surface area contributed by atoms with Crippen molar-refractivity contribution in [3.63, 3.8) is 0 Å². The molecule has 198 valence electrons. The van der Waals surface area contributed by atoms with Gasteiger partial charge in [0, 0.05) is 43.1 Å². The molecule has 0 bridgehead atoms. The van der Waals surface area contributed by atoms with E-state index >= 15 is 0 Å². The van der Waals surface area contributed by atoms with Crippen LogP contribution in [0.3, 0.4) is 0 Å². The summed E-state index contributed by atoms with van der Waals surface area (Å²) in [5.74, 6) is 0.422. The van der Waals surface area contributed by atoms with Gasteiger partial charge in [-0.3, -0.25) is 19.3 Å². The number of hydrogen-bond donors (Lipinski definition) is 1. The lowest BCUT2D eigenvalue weighted by atomic mass is 9.96. The molecule has 0 saturated carbocycles. The molecule has 2 saturated heterocycles. The van der Waals surface area contributed by atoms with Crippen LogP contribution in [0.1, 0.15) is 53.8 Å². The molecule has 2 heterocycles. The number of nitrogens with one attached hydrogen (secondary N) is 1. The number of methoxy groups -OCH3 is 2. The van der Waals surface area contributed by atoms with Gasteiger partial charge in [-0.1, -0.05) is 25.1 Å². The highest BCUT2D eigenvalue weighted by molar-refractivity contribution is 5.98. The van der Waals surface area contributed by atoms with Gasteiger partial charge in [-0.2, -0.15) is 0 Å². The van der Waals surface area contributed by atoms with Gasteiger partial charge in [-0.25, -0.2) is 0 Å². The molecule has 2 aliphatic rings. The second-order valence-electron chi connectivity index (χ2n) is 9.49. The first-order valence-corrected chi connectivity index (χ1v) is 12.7. The maximum Gasteiger partial charge on any atom is 0.256 e. The molecule has 2 aliphatic heterocycles. The summed E-state index contributed by atoms with van der Waals surface area (Å²) in [5, 5.41) is 3.00. The maximum atomic E-state index is 13.7. The van der Waals surface area contributed by atoms with E-state index in [0.717, 1.165) is 6.42 Å². The molecule has 1 spiro atoms. The average molecular weight is 510 g/mol. The summed E-state index contributed by atoms with van der Waals surface area (Å²) >= 11 is 0. The number of amides is 3. The number of ether oxygens (including phenoxy) is 3. The third-order valence-corrected chi connectivity index (χ3v) is 7.27. The zero-order valence-corrected chi connectivity index (χ0v) is 21.9. The van der Waals surface area contributed by atoms with Crippen molar-refractivity contribution in [2.45, 2.75) is 50.9 Å². The van der Waals surface area contributed by atoms with Crippen LogP contribution >= 0.6 is 0 Å². The number of carbonyl (C=O) groups is 3. The quantitative estimate of drug-likeness (QED) is 0.616. The van der Waals surface area contributed by atoms with E-state index in [1.807, 2.05) is 19.9 Å². The van der Waals surface area contributed by atoms with E-state index in [0.29, 0.717) is 48.6 Å². The van der Waals surface area contributed by atoms with Crippen molar-refractivity contribution in [2.24, 2.45) is 0 Å². The van der Waals surface area contributed by atoms with E-state index in [4.69, 9.17) is 14.2 Å². The Morgan fingerprint density at radius 2 is 1.68 bits per heavy atom. The summed E-state index contributed by atoms with van der Waals surface area (Å²) in [6, 6.07) is 13.3. The van der Waals surface area contributed by atoms with Gasteiger partial charge in [-0.15, -0.1) is 0 Å². The zero-order chi connectivity index (χ0) is 26.6. The van der Waals surface area contributed by atoms with Gasteiger partial charge in [0.1, 0.15) is 11.8 Å². The van der Waals surface area contributed by atoms with Gasteiger partial charge in [0.05, 0.1) is 20.8 Å². The summed E-state index contributed by atoms with van der Waals surface area (Å²) in [5.41, 5.74) is 0.0280. The van der Waals surface area contributed by atoms with Crippen molar-refractivity contribution in [3.05, 3.63) is 59.7 Å². The molecule has 0 aliphatic carbocycles. The van der Waals surface area contributed by atoms with Crippen molar-refractivity contribution >= 4 is 17.7 Å². The molecule has 9 heteroatoms. The van der Waals surface area contributed by atoms with Crippen molar-refractivity contribution in [1.29, 1.82) is 0 Å². The van der Waals surface area contributed by atoms with Crippen LogP contribution < -0.4 is 14.8 Å². The fourth-order valence-electron chi connectivity index (χ4n) is 4.94. The van der Waals surface area contributed by atoms with Gasteiger partial charge in [0.15, 0.2) is 11.5 Å². The molecule has 37 heavy (non-hydrogen) atoms. The van der Waals surface area contributed by atoms with E-state index in [9.17, 15) is 14.4 Å². The Kier molecular flexibility index (Phi) is 8.02. The Morgan fingerprint density at radius 3 is 2.30 bits per heavy atom. The lowest BCUT2D eigenvalue weighted by Gasteiger charge is -2.44. The molecular formula is C28H35N3O6. The molecule has 0 aromatic heterocycles. The third kappa shape index (κ3) is 5.27. The normalized spacial score (nSPS) is 19.4. The minimum absolute atomic E-state index is 0.0151. The lowest BCUT2D eigenvalue weighted by Crippen LogP contribution is -2.60. The lowest BCUT2D eigenvalue weighted by molar-refractivity contribution is -0.128. The van der Waals surface area contributed by atoms with E-state index in [2.05, 4.69) is 5.32 Å². The number of benzene rings is 2. The molecule has 2 aromatic rings. The molecule has 3 amide bonds. The minimum Gasteiger partial charge on any atom is -0.493 e. The van der Waals surface area contributed by atoms with E-state index in [-0.39, 0.29) is 30.4 Å². The Hall–Kier alpha value is -3.59. The second kappa shape index (κ2) is 11.2. The molecule has 0 radical (unpaired) electrons. The summed E-state index contributed by atoms with van der Waals surface area (Å²) < 4.78 is 16.9. The highest BCUT2D eigenvalue weighted by Crippen LogP contribution is 2.39.